The largest absolute Gasteiger partial charge is 1.00 e. The molecule has 0 aromatic heterocycles. The van der Waals surface area contributed by atoms with E-state index >= 15 is 0 Å². The fourth-order valence-corrected chi connectivity index (χ4v) is 5.54. The molecular formula is C29H26ClN3S. The molecule has 4 aromatic rings. The highest BCUT2D eigenvalue weighted by molar-refractivity contribution is 8.14. The van der Waals surface area contributed by atoms with Crippen molar-refractivity contribution < 1.29 is 17.0 Å². The third-order valence-electron chi connectivity index (χ3n) is 5.85. The Morgan fingerprint density at radius 2 is 1.32 bits per heavy atom. The summed E-state index contributed by atoms with van der Waals surface area (Å²) in [6.07, 6.45) is 0. The highest BCUT2D eigenvalue weighted by Gasteiger charge is 2.44. The van der Waals surface area contributed by atoms with Crippen LogP contribution in [0.4, 0.5) is 11.4 Å². The van der Waals surface area contributed by atoms with Gasteiger partial charge in [0.2, 0.25) is 0 Å². The van der Waals surface area contributed by atoms with Crippen LogP contribution in [0.5, 0.6) is 0 Å². The minimum Gasteiger partial charge on any atom is -1.00 e. The maximum Gasteiger partial charge on any atom is 0.310 e. The highest BCUT2D eigenvalue weighted by Crippen LogP contribution is 2.42. The monoisotopic (exact) mass is 483 g/mol. The number of para-hydroxylation sites is 1. The van der Waals surface area contributed by atoms with Crippen molar-refractivity contribution in [2.75, 3.05) is 0 Å². The minimum atomic E-state index is 0. The van der Waals surface area contributed by atoms with Crippen LogP contribution in [0.15, 0.2) is 120 Å². The van der Waals surface area contributed by atoms with Crippen molar-refractivity contribution in [3.8, 4) is 0 Å². The average molecular weight is 484 g/mol. The maximum absolute atomic E-state index is 6.71. The average Bonchev–Trinajstić information content (AvgIpc) is 3.22. The Balaban J connectivity index is 0.00000274. The van der Waals surface area contributed by atoms with Gasteiger partial charge in [0.25, 0.3) is 0 Å². The van der Waals surface area contributed by atoms with Crippen LogP contribution >= 0.6 is 11.8 Å². The molecule has 0 spiro atoms. The van der Waals surface area contributed by atoms with Crippen LogP contribution in [0.25, 0.3) is 0 Å². The van der Waals surface area contributed by atoms with Gasteiger partial charge in [-0.1, -0.05) is 96.6 Å². The third kappa shape index (κ3) is 4.93. The van der Waals surface area contributed by atoms with Gasteiger partial charge in [0.05, 0.1) is 11.4 Å². The first-order valence-electron chi connectivity index (χ1n) is 11.1. The molecule has 4 aromatic carbocycles. The van der Waals surface area contributed by atoms with E-state index in [4.69, 9.17) is 10.7 Å². The van der Waals surface area contributed by atoms with Gasteiger partial charge in [-0.05, 0) is 54.1 Å². The topological polar surface area (TPSA) is 41.4 Å². The first-order chi connectivity index (χ1) is 16.2. The minimum absolute atomic E-state index is 0. The quantitative estimate of drug-likeness (QED) is 0.348. The van der Waals surface area contributed by atoms with Gasteiger partial charge in [0, 0.05) is 0 Å². The number of nitrogens with zero attached hydrogens (tertiary/aromatic N) is 2. The maximum atomic E-state index is 6.71. The Labute approximate surface area is 211 Å². The van der Waals surface area contributed by atoms with Crippen molar-refractivity contribution >= 4 is 34.0 Å². The van der Waals surface area contributed by atoms with Gasteiger partial charge in [0.15, 0.2) is 0 Å². The summed E-state index contributed by atoms with van der Waals surface area (Å²) in [5.74, 6) is 0. The van der Waals surface area contributed by atoms with E-state index in [-0.39, 0.29) is 23.7 Å². The van der Waals surface area contributed by atoms with E-state index in [1.807, 2.05) is 12.1 Å². The first kappa shape index (κ1) is 23.8. The molecule has 170 valence electrons. The summed E-state index contributed by atoms with van der Waals surface area (Å²) in [7, 11) is 0. The summed E-state index contributed by atoms with van der Waals surface area (Å²) in [5.41, 5.74) is 13.3. The molecule has 0 saturated carbocycles. The number of amidine groups is 1. The van der Waals surface area contributed by atoms with Crippen LogP contribution < -0.4 is 18.1 Å². The van der Waals surface area contributed by atoms with Crippen LogP contribution in [0.3, 0.4) is 0 Å². The van der Waals surface area contributed by atoms with Crippen LogP contribution in [0.2, 0.25) is 0 Å². The lowest BCUT2D eigenvalue weighted by Gasteiger charge is -2.22. The van der Waals surface area contributed by atoms with Crippen molar-refractivity contribution in [3.63, 3.8) is 0 Å². The smallest absolute Gasteiger partial charge is 0.310 e. The van der Waals surface area contributed by atoms with Crippen molar-refractivity contribution in [1.82, 2.24) is 0 Å². The first-order valence-corrected chi connectivity index (χ1v) is 12.0. The Hall–Kier alpha value is -3.34. The molecule has 1 aliphatic heterocycles. The number of aliphatic imine (C=N–C) groups is 1. The summed E-state index contributed by atoms with van der Waals surface area (Å²) < 4.78 is 2.25. The predicted molar refractivity (Wildman–Crippen MR) is 140 cm³/mol. The molecule has 0 bridgehead atoms. The Kier molecular flexibility index (Phi) is 7.51. The second kappa shape index (κ2) is 10.7. The fourth-order valence-electron chi connectivity index (χ4n) is 4.24. The van der Waals surface area contributed by atoms with E-state index in [1.54, 1.807) is 11.8 Å². The van der Waals surface area contributed by atoms with Gasteiger partial charge in [-0.3, -0.25) is 10.7 Å². The molecule has 3 nitrogen and oxygen atoms in total. The fraction of sp³-hybridized carbons (Fsp3) is 0.103. The number of rotatable bonds is 5. The van der Waals surface area contributed by atoms with Gasteiger partial charge in [-0.15, -0.1) is 0 Å². The molecule has 1 heterocycles. The predicted octanol–water partition coefficient (Wildman–Crippen LogP) is 3.64. The summed E-state index contributed by atoms with van der Waals surface area (Å²) in [6.45, 7) is 2.09. The van der Waals surface area contributed by atoms with Crippen molar-refractivity contribution in [2.24, 2.45) is 10.7 Å². The van der Waals surface area contributed by atoms with Gasteiger partial charge >= 0.3 is 5.17 Å². The molecule has 2 unspecified atom stereocenters. The molecule has 0 saturated heterocycles. The number of thioether (sulfide) groups is 1. The normalized spacial score (nSPS) is 18.0. The number of nitrogens with two attached hydrogens (primary N) is 1. The molecule has 1 aliphatic rings. The van der Waals surface area contributed by atoms with Crippen LogP contribution in [0.1, 0.15) is 22.7 Å². The summed E-state index contributed by atoms with van der Waals surface area (Å²) >= 11 is 1.69. The van der Waals surface area contributed by atoms with Crippen molar-refractivity contribution in [1.29, 1.82) is 0 Å². The van der Waals surface area contributed by atoms with E-state index in [0.29, 0.717) is 0 Å². The molecule has 0 amide bonds. The van der Waals surface area contributed by atoms with E-state index in [1.165, 1.54) is 11.1 Å². The number of benzene rings is 4. The van der Waals surface area contributed by atoms with Gasteiger partial charge in [0.1, 0.15) is 17.0 Å². The lowest BCUT2D eigenvalue weighted by atomic mass is 9.95. The summed E-state index contributed by atoms with van der Waals surface area (Å²) in [5, 5.41) is 0.809. The molecule has 0 aliphatic carbocycles. The molecule has 5 heteroatoms. The van der Waals surface area contributed by atoms with E-state index in [2.05, 4.69) is 115 Å². The molecule has 5 rings (SSSR count). The van der Waals surface area contributed by atoms with Crippen molar-refractivity contribution in [2.45, 2.75) is 18.2 Å². The van der Waals surface area contributed by atoms with Crippen LogP contribution in [-0.2, 0) is 0 Å². The van der Waals surface area contributed by atoms with Crippen LogP contribution in [0, 0.1) is 6.92 Å². The zero-order valence-electron chi connectivity index (χ0n) is 18.9. The lowest BCUT2D eigenvalue weighted by Crippen LogP contribution is -3.00. The molecule has 2 N–H and O–H groups in total. The van der Waals surface area contributed by atoms with Gasteiger partial charge in [-0.2, -0.15) is 0 Å². The Bertz CT molecular complexity index is 1290. The summed E-state index contributed by atoms with van der Waals surface area (Å²) in [4.78, 5) is 5.19. The standard InChI is InChI=1S/C29H25N3S.ClH/c1-21-17-19-24(20-18-21)31-26(22-11-5-2-6-12-22)28-27(23-13-7-3-8-14-23)32(29(30)33-28)25-15-9-4-10-16-25;/h2-20,27-28,30H,1H3;1H. The third-order valence-corrected chi connectivity index (χ3v) is 7.02. The van der Waals surface area contributed by atoms with Crippen molar-refractivity contribution in [3.05, 3.63) is 132 Å². The van der Waals surface area contributed by atoms with Gasteiger partial charge < -0.3 is 12.4 Å². The SMILES string of the molecule is Cc1ccc(N=C(c2ccccc2)C2SC(N)=[N+](c3ccccc3)C2c2ccccc2)cc1.[Cl-]. The number of hydrogen-bond acceptors (Lipinski definition) is 3. The molecule has 0 radical (unpaired) electrons. The molecule has 34 heavy (non-hydrogen) atoms. The van der Waals surface area contributed by atoms with Crippen LogP contribution in [-0.4, -0.2) is 20.7 Å². The second-order valence-corrected chi connectivity index (χ2v) is 9.30. The van der Waals surface area contributed by atoms with E-state index in [9.17, 15) is 0 Å². The highest BCUT2D eigenvalue weighted by atomic mass is 35.5. The lowest BCUT2D eigenvalue weighted by molar-refractivity contribution is -0.482. The summed E-state index contributed by atoms with van der Waals surface area (Å²) in [6, 6.07) is 39.8. The second-order valence-electron chi connectivity index (χ2n) is 8.14. The zero-order valence-corrected chi connectivity index (χ0v) is 20.5. The van der Waals surface area contributed by atoms with E-state index in [0.717, 1.165) is 27.8 Å². The van der Waals surface area contributed by atoms with E-state index < -0.39 is 0 Å². The van der Waals surface area contributed by atoms with Gasteiger partial charge in [-0.25, -0.2) is 4.58 Å². The number of aryl methyl sites for hydroxylation is 1. The number of halogens is 1. The Morgan fingerprint density at radius 3 is 1.94 bits per heavy atom. The molecular weight excluding hydrogens is 458 g/mol. The Morgan fingerprint density at radius 1 is 0.765 bits per heavy atom. The number of hydrogen-bond donors (Lipinski definition) is 1. The molecule has 0 fully saturated rings. The molecule has 2 atom stereocenters. The zero-order chi connectivity index (χ0) is 22.6.